The van der Waals surface area contributed by atoms with Crippen LogP contribution in [0.15, 0.2) is 0 Å². The van der Waals surface area contributed by atoms with Crippen molar-refractivity contribution in [2.24, 2.45) is 34.5 Å². The Morgan fingerprint density at radius 1 is 0.909 bits per heavy atom. The fourth-order valence-electron chi connectivity index (χ4n) is 7.86. The Morgan fingerprint density at radius 3 is 2.55 bits per heavy atom. The van der Waals surface area contributed by atoms with Crippen molar-refractivity contribution in [2.45, 2.75) is 83.5 Å². The first-order valence-corrected chi connectivity index (χ1v) is 9.74. The molecule has 0 aromatic rings. The smallest absolute Gasteiger partial charge is 0.0847 e. The number of epoxide rings is 1. The molecule has 0 aromatic carbocycles. The van der Waals surface area contributed by atoms with Gasteiger partial charge in [0.25, 0.3) is 0 Å². The highest BCUT2D eigenvalue weighted by molar-refractivity contribution is 5.12. The minimum Gasteiger partial charge on any atom is -0.381 e. The summed E-state index contributed by atoms with van der Waals surface area (Å²) in [6.45, 7) is 5.18. The zero-order valence-electron chi connectivity index (χ0n) is 14.5. The molecule has 0 bridgehead atoms. The van der Waals surface area contributed by atoms with Gasteiger partial charge in [0.05, 0.1) is 18.3 Å². The van der Waals surface area contributed by atoms with Gasteiger partial charge < -0.3 is 9.47 Å². The van der Waals surface area contributed by atoms with Gasteiger partial charge in [-0.15, -0.1) is 0 Å². The van der Waals surface area contributed by atoms with Crippen LogP contribution >= 0.6 is 0 Å². The second-order valence-electron chi connectivity index (χ2n) is 9.66. The van der Waals surface area contributed by atoms with E-state index in [4.69, 9.17) is 9.47 Å². The van der Waals surface area contributed by atoms with Crippen molar-refractivity contribution in [1.82, 2.24) is 0 Å². The van der Waals surface area contributed by atoms with E-state index >= 15 is 0 Å². The largest absolute Gasteiger partial charge is 0.381 e. The number of fused-ring (bicyclic) bond motifs is 6. The van der Waals surface area contributed by atoms with Crippen LogP contribution in [0.1, 0.15) is 65.2 Å². The van der Waals surface area contributed by atoms with Crippen molar-refractivity contribution >= 4 is 0 Å². The predicted octanol–water partition coefficient (Wildman–Crippen LogP) is 4.42. The molecule has 22 heavy (non-hydrogen) atoms. The van der Waals surface area contributed by atoms with Crippen LogP contribution < -0.4 is 0 Å². The Kier molecular flexibility index (Phi) is 2.92. The number of hydrogen-bond acceptors (Lipinski definition) is 2. The third kappa shape index (κ3) is 1.69. The lowest BCUT2D eigenvalue weighted by Crippen LogP contribution is -2.54. The molecule has 1 heterocycles. The van der Waals surface area contributed by atoms with E-state index < -0.39 is 0 Å². The molecule has 5 rings (SSSR count). The van der Waals surface area contributed by atoms with Crippen molar-refractivity contribution in [3.8, 4) is 0 Å². The second kappa shape index (κ2) is 4.51. The average Bonchev–Trinajstić information content (AvgIpc) is 3.14. The van der Waals surface area contributed by atoms with Gasteiger partial charge in [0.2, 0.25) is 0 Å². The molecule has 1 saturated heterocycles. The van der Waals surface area contributed by atoms with Gasteiger partial charge in [0.1, 0.15) is 0 Å². The summed E-state index contributed by atoms with van der Waals surface area (Å²) >= 11 is 0. The van der Waals surface area contributed by atoms with Gasteiger partial charge in [0, 0.05) is 7.11 Å². The van der Waals surface area contributed by atoms with Crippen LogP contribution in [0.4, 0.5) is 0 Å². The van der Waals surface area contributed by atoms with E-state index in [-0.39, 0.29) is 0 Å². The van der Waals surface area contributed by atoms with Crippen LogP contribution in [0.2, 0.25) is 0 Å². The summed E-state index contributed by atoms with van der Waals surface area (Å²) in [5.74, 6) is 3.80. The maximum atomic E-state index is 5.94. The van der Waals surface area contributed by atoms with Crippen LogP contribution in [0.5, 0.6) is 0 Å². The highest BCUT2D eigenvalue weighted by atomic mass is 16.6. The van der Waals surface area contributed by atoms with Crippen LogP contribution in [0.25, 0.3) is 0 Å². The van der Waals surface area contributed by atoms with E-state index in [0.717, 1.165) is 23.7 Å². The van der Waals surface area contributed by atoms with Crippen molar-refractivity contribution in [3.63, 3.8) is 0 Å². The Balaban J connectivity index is 1.45. The molecule has 0 N–H and O–H groups in total. The number of hydrogen-bond donors (Lipinski definition) is 0. The molecule has 1 aliphatic heterocycles. The molecular formula is C20H32O2. The highest BCUT2D eigenvalue weighted by Gasteiger charge is 2.63. The lowest BCUT2D eigenvalue weighted by atomic mass is 9.45. The van der Waals surface area contributed by atoms with Crippen molar-refractivity contribution in [1.29, 1.82) is 0 Å². The topological polar surface area (TPSA) is 21.8 Å². The summed E-state index contributed by atoms with van der Waals surface area (Å²) in [4.78, 5) is 0. The second-order valence-corrected chi connectivity index (χ2v) is 9.66. The Morgan fingerprint density at radius 2 is 1.73 bits per heavy atom. The zero-order chi connectivity index (χ0) is 15.1. The van der Waals surface area contributed by atoms with Crippen LogP contribution in [0, 0.1) is 34.5 Å². The third-order valence-corrected chi connectivity index (χ3v) is 9.11. The Bertz CT molecular complexity index is 476. The predicted molar refractivity (Wildman–Crippen MR) is 86.6 cm³/mol. The molecule has 9 atom stereocenters. The van der Waals surface area contributed by atoms with Crippen LogP contribution in [-0.4, -0.2) is 25.4 Å². The molecular weight excluding hydrogens is 272 g/mol. The highest BCUT2D eigenvalue weighted by Crippen LogP contribution is 2.67. The molecule has 0 radical (unpaired) electrons. The molecule has 4 aliphatic carbocycles. The van der Waals surface area contributed by atoms with Gasteiger partial charge in [-0.25, -0.2) is 0 Å². The molecule has 0 aromatic heterocycles. The Hall–Kier alpha value is -0.0800. The van der Waals surface area contributed by atoms with Gasteiger partial charge in [-0.2, -0.15) is 0 Å². The summed E-state index contributed by atoms with van der Waals surface area (Å²) in [5.41, 5.74) is 1.04. The lowest BCUT2D eigenvalue weighted by Gasteiger charge is -2.59. The van der Waals surface area contributed by atoms with E-state index in [1.54, 1.807) is 0 Å². The fraction of sp³-hybridized carbons (Fsp3) is 1.00. The van der Waals surface area contributed by atoms with E-state index in [2.05, 4.69) is 13.8 Å². The molecule has 2 heteroatoms. The van der Waals surface area contributed by atoms with E-state index in [1.165, 1.54) is 51.4 Å². The summed E-state index contributed by atoms with van der Waals surface area (Å²) in [6, 6.07) is 0. The summed E-state index contributed by atoms with van der Waals surface area (Å²) < 4.78 is 11.8. The molecule has 0 spiro atoms. The Labute approximate surface area is 135 Å². The monoisotopic (exact) mass is 304 g/mol. The first-order chi connectivity index (χ1) is 10.6. The minimum atomic E-state index is 0.465. The van der Waals surface area contributed by atoms with Crippen LogP contribution in [-0.2, 0) is 9.47 Å². The van der Waals surface area contributed by atoms with Crippen molar-refractivity contribution in [3.05, 3.63) is 0 Å². The maximum absolute atomic E-state index is 5.94. The average molecular weight is 304 g/mol. The first-order valence-electron chi connectivity index (χ1n) is 9.74. The number of methoxy groups -OCH3 is 1. The molecule has 124 valence electrons. The standard InChI is InChI=1S/C20H32O2/c1-19-9-8-15-13(14(19)6-7-18(19)21-3)5-4-12-10-16-17(22-16)11-20(12,15)2/h12-18H,4-11H2,1-3H3/t12-,13-,14-,15-,16-,17+,18-,19-,20-/m0/s1. The summed E-state index contributed by atoms with van der Waals surface area (Å²) in [5, 5.41) is 0. The number of rotatable bonds is 1. The zero-order valence-corrected chi connectivity index (χ0v) is 14.5. The van der Waals surface area contributed by atoms with Gasteiger partial charge in [-0.1, -0.05) is 13.8 Å². The summed E-state index contributed by atoms with van der Waals surface area (Å²) in [7, 11) is 1.94. The lowest BCUT2D eigenvalue weighted by molar-refractivity contribution is -0.122. The molecule has 5 aliphatic rings. The third-order valence-electron chi connectivity index (χ3n) is 9.11. The van der Waals surface area contributed by atoms with Gasteiger partial charge >= 0.3 is 0 Å². The molecule has 5 fully saturated rings. The van der Waals surface area contributed by atoms with Gasteiger partial charge in [0.15, 0.2) is 0 Å². The van der Waals surface area contributed by atoms with E-state index in [9.17, 15) is 0 Å². The van der Waals surface area contributed by atoms with Gasteiger partial charge in [-0.3, -0.25) is 0 Å². The van der Waals surface area contributed by atoms with Gasteiger partial charge in [-0.05, 0) is 85.9 Å². The SMILES string of the molecule is CO[C@H]1CC[C@H]2[C@@H]3CC[C@H]4C[C@@H]5O[C@@H]5C[C@]4(C)[C@H]3CC[C@]12C. The first kappa shape index (κ1) is 14.3. The number of ether oxygens (including phenoxy) is 2. The van der Waals surface area contributed by atoms with Crippen molar-refractivity contribution < 1.29 is 9.47 Å². The molecule has 0 unspecified atom stereocenters. The van der Waals surface area contributed by atoms with E-state index in [1.807, 2.05) is 7.11 Å². The van der Waals surface area contributed by atoms with Crippen molar-refractivity contribution in [2.75, 3.05) is 7.11 Å². The summed E-state index contributed by atoms with van der Waals surface area (Å²) in [6.07, 6.45) is 13.0. The maximum Gasteiger partial charge on any atom is 0.0847 e. The normalized spacial score (nSPS) is 62.6. The molecule has 0 amide bonds. The minimum absolute atomic E-state index is 0.465. The molecule has 2 nitrogen and oxygen atoms in total. The quantitative estimate of drug-likeness (QED) is 0.669. The van der Waals surface area contributed by atoms with Crippen LogP contribution in [0.3, 0.4) is 0 Å². The fourth-order valence-corrected chi connectivity index (χ4v) is 7.86. The van der Waals surface area contributed by atoms with E-state index in [0.29, 0.717) is 29.1 Å². The molecule has 4 saturated carbocycles.